The number of hydrogen-bond acceptors (Lipinski definition) is 11. The van der Waals surface area contributed by atoms with E-state index in [9.17, 15) is 38.5 Å². The molecule has 1 saturated heterocycles. The van der Waals surface area contributed by atoms with E-state index in [0.717, 1.165) is 20.3 Å². The molecule has 7 N–H and O–H groups in total. The lowest BCUT2D eigenvalue weighted by atomic mass is 9.61. The summed E-state index contributed by atoms with van der Waals surface area (Å²) in [4.78, 5) is 50.7. The molecule has 0 saturated carbocycles. The van der Waals surface area contributed by atoms with Gasteiger partial charge in [-0.1, -0.05) is 12.2 Å². The Hall–Kier alpha value is -0.480. The molecule has 1 aromatic heterocycles. The average molecular weight is 538 g/mol. The van der Waals surface area contributed by atoms with E-state index >= 15 is 0 Å². The summed E-state index contributed by atoms with van der Waals surface area (Å²) >= 11 is 4.93. The third-order valence-corrected chi connectivity index (χ3v) is 8.56. The Kier molecular flexibility index (Phi) is 8.06. The van der Waals surface area contributed by atoms with Gasteiger partial charge in [0, 0.05) is 17.2 Å². The first kappa shape index (κ1) is 27.8. The Morgan fingerprint density at radius 3 is 2.22 bits per heavy atom. The molecule has 1 aliphatic heterocycles. The van der Waals surface area contributed by atoms with Crippen LogP contribution in [-0.4, -0.2) is 78.7 Å². The Balaban J connectivity index is 2.27. The first-order valence-corrected chi connectivity index (χ1v) is 13.4. The van der Waals surface area contributed by atoms with Gasteiger partial charge in [0.2, 0.25) is 0 Å². The molecule has 16 nitrogen and oxygen atoms in total. The van der Waals surface area contributed by atoms with E-state index in [-0.39, 0.29) is 4.64 Å². The largest absolute Gasteiger partial charge is 0.490 e. The van der Waals surface area contributed by atoms with E-state index in [2.05, 4.69) is 13.6 Å². The van der Waals surface area contributed by atoms with Crippen molar-refractivity contribution in [3.05, 3.63) is 26.9 Å². The molecule has 0 bridgehead atoms. The summed E-state index contributed by atoms with van der Waals surface area (Å²) in [6.45, 7) is 1.56. The lowest BCUT2D eigenvalue weighted by Gasteiger charge is -2.34. The monoisotopic (exact) mass is 538 g/mol. The number of aromatic nitrogens is 2. The maximum atomic E-state index is 12.2. The molecule has 1 aliphatic rings. The van der Waals surface area contributed by atoms with Gasteiger partial charge in [0.05, 0.1) is 0 Å². The molecule has 180 valence electrons. The molecule has 4 unspecified atom stereocenters. The van der Waals surface area contributed by atoms with Crippen LogP contribution in [0.3, 0.4) is 0 Å². The summed E-state index contributed by atoms with van der Waals surface area (Å²) < 4.78 is 52.9. The van der Waals surface area contributed by atoms with Gasteiger partial charge in [0.15, 0.2) is 6.23 Å². The Labute approximate surface area is 186 Å². The first-order valence-electron chi connectivity index (χ1n) is 8.43. The minimum atomic E-state index is -5.77. The zero-order valence-corrected chi connectivity index (χ0v) is 20.0. The molecule has 0 radical (unpaired) electrons. The zero-order chi connectivity index (χ0) is 24.9. The highest BCUT2D eigenvalue weighted by Gasteiger charge is 2.54. The Morgan fingerprint density at radius 2 is 1.69 bits per heavy atom. The van der Waals surface area contributed by atoms with E-state index in [1.807, 2.05) is 0 Å². The van der Waals surface area contributed by atoms with Crippen molar-refractivity contribution in [1.82, 2.24) is 9.55 Å². The van der Waals surface area contributed by atoms with Crippen LogP contribution in [0, 0.1) is 11.6 Å². The van der Waals surface area contributed by atoms with E-state index < -0.39 is 59.1 Å². The van der Waals surface area contributed by atoms with Crippen LogP contribution < -0.4 is 5.69 Å². The summed E-state index contributed by atoms with van der Waals surface area (Å²) in [6, 6.07) is 0. The minimum Gasteiger partial charge on any atom is -0.387 e. The topological polar surface area (TPSA) is 247 Å². The van der Waals surface area contributed by atoms with Crippen molar-refractivity contribution in [2.45, 2.75) is 36.9 Å². The average Bonchev–Trinajstić information content (AvgIpc) is 2.82. The van der Waals surface area contributed by atoms with Crippen LogP contribution in [0.1, 0.15) is 11.8 Å². The highest BCUT2D eigenvalue weighted by atomic mass is 32.1. The van der Waals surface area contributed by atoms with Gasteiger partial charge in [-0.05, 0) is 6.92 Å². The van der Waals surface area contributed by atoms with Gasteiger partial charge < -0.3 is 34.5 Å². The molecule has 2 heterocycles. The maximum Gasteiger partial charge on any atom is 0.490 e. The Bertz CT molecular complexity index is 1130. The Morgan fingerprint density at radius 1 is 1.12 bits per heavy atom. The van der Waals surface area contributed by atoms with Crippen LogP contribution >= 0.6 is 35.7 Å². The number of hydrogen-bond donors (Lipinski definition) is 7. The number of H-pyrrole nitrogens is 1. The molecule has 32 heavy (non-hydrogen) atoms. The fraction of sp³-hybridized carbons (Fsp3) is 0.600. The van der Waals surface area contributed by atoms with Crippen molar-refractivity contribution in [1.29, 1.82) is 0 Å². The second-order valence-corrected chi connectivity index (χ2v) is 11.9. The molecule has 0 aliphatic carbocycles. The standard InChI is InChI=1S/C10H19B2N2O14P3S/c1-3-2-14(9(17)13-7(3)32)8-5(16)4(15)6(25-8)10(11,12)26-30(21,22)28-31(23,24)27-29(18,19)20/h2,4-6,8,15-16H,11-12H2,1H3,(H,21,22)(H,23,24)(H,13,17,32)(H2,18,19,20)/t4-,5?,6?,8-/m0/s1. The van der Waals surface area contributed by atoms with Gasteiger partial charge in [-0.3, -0.25) is 14.1 Å². The van der Waals surface area contributed by atoms with E-state index in [1.165, 1.54) is 6.20 Å². The summed E-state index contributed by atoms with van der Waals surface area (Å²) in [5, 5.41) is 18.7. The van der Waals surface area contributed by atoms with E-state index in [0.29, 0.717) is 5.56 Å². The lowest BCUT2D eigenvalue weighted by molar-refractivity contribution is -0.0748. The molecule has 0 aromatic carbocycles. The number of rotatable bonds is 8. The fourth-order valence-corrected chi connectivity index (χ4v) is 6.36. The van der Waals surface area contributed by atoms with Gasteiger partial charge in [-0.2, -0.15) is 8.62 Å². The fourth-order valence-electron chi connectivity index (χ4n) is 2.88. The quantitative estimate of drug-likeness (QED) is 0.0997. The van der Waals surface area contributed by atoms with Crippen molar-refractivity contribution in [2.75, 3.05) is 0 Å². The van der Waals surface area contributed by atoms with Crippen molar-refractivity contribution < 1.29 is 61.4 Å². The predicted octanol–water partition coefficient (Wildman–Crippen LogP) is -2.90. The van der Waals surface area contributed by atoms with Crippen molar-refractivity contribution in [2.24, 2.45) is 0 Å². The number of aryl methyl sites for hydroxylation is 1. The van der Waals surface area contributed by atoms with E-state index in [1.54, 1.807) is 6.92 Å². The molecular formula is C10H19B2N2O14P3S. The zero-order valence-electron chi connectivity index (χ0n) is 16.5. The maximum absolute atomic E-state index is 12.2. The van der Waals surface area contributed by atoms with Gasteiger partial charge in [-0.15, -0.1) is 0 Å². The number of nitrogens with one attached hydrogen (secondary N) is 1. The van der Waals surface area contributed by atoms with Gasteiger partial charge in [0.1, 0.15) is 38.6 Å². The molecular weight excluding hydrogens is 519 g/mol. The van der Waals surface area contributed by atoms with Crippen molar-refractivity contribution in [3.8, 4) is 0 Å². The van der Waals surface area contributed by atoms with Crippen LogP contribution in [0.5, 0.6) is 0 Å². The molecule has 0 amide bonds. The summed E-state index contributed by atoms with van der Waals surface area (Å²) in [6.07, 6.45) is -5.37. The lowest BCUT2D eigenvalue weighted by Crippen LogP contribution is -2.51. The molecule has 0 spiro atoms. The summed E-state index contributed by atoms with van der Waals surface area (Å²) in [5.41, 5.74) is -0.357. The van der Waals surface area contributed by atoms with Crippen molar-refractivity contribution in [3.63, 3.8) is 0 Å². The van der Waals surface area contributed by atoms with Crippen molar-refractivity contribution >= 4 is 51.4 Å². The summed E-state index contributed by atoms with van der Waals surface area (Å²) in [5.74, 6) is 0. The van der Waals surface area contributed by atoms with E-state index in [4.69, 9.17) is 31.3 Å². The normalized spacial score (nSPS) is 28.2. The number of aliphatic hydroxyl groups excluding tert-OH is 2. The van der Waals surface area contributed by atoms with Gasteiger partial charge in [-0.25, -0.2) is 18.5 Å². The molecule has 2 rings (SSSR count). The smallest absolute Gasteiger partial charge is 0.387 e. The van der Waals surface area contributed by atoms with Crippen LogP contribution in [0.4, 0.5) is 0 Å². The highest BCUT2D eigenvalue weighted by Crippen LogP contribution is 2.67. The third kappa shape index (κ3) is 6.78. The second kappa shape index (κ2) is 9.28. The number of aliphatic hydroxyl groups is 2. The number of ether oxygens (including phenoxy) is 1. The van der Waals surface area contributed by atoms with Crippen LogP contribution in [-0.2, 0) is 31.6 Å². The first-order chi connectivity index (χ1) is 14.2. The van der Waals surface area contributed by atoms with Gasteiger partial charge in [0.25, 0.3) is 0 Å². The molecule has 6 atom stereocenters. The molecule has 1 fully saturated rings. The SMILES string of the molecule is BC(B)(OP(=O)(O)OP(=O)(O)OP(=O)(O)O)C1O[C@H](n2cc(C)c(=S)[nH]c2=O)C(O)[C@@H]1O. The molecule has 1 aromatic rings. The number of nitrogens with zero attached hydrogens (tertiary/aromatic N) is 1. The van der Waals surface area contributed by atoms with Crippen LogP contribution in [0.25, 0.3) is 0 Å². The highest BCUT2D eigenvalue weighted by molar-refractivity contribution is 7.71. The number of phosphoric ester groups is 1. The second-order valence-electron chi connectivity index (χ2n) is 7.19. The minimum absolute atomic E-state index is 0.129. The third-order valence-electron chi connectivity index (χ3n) is 4.11. The van der Waals surface area contributed by atoms with Crippen LogP contribution in [0.15, 0.2) is 11.0 Å². The van der Waals surface area contributed by atoms with Crippen LogP contribution in [0.2, 0.25) is 0 Å². The summed E-state index contributed by atoms with van der Waals surface area (Å²) in [7, 11) is -14.8. The number of aromatic amines is 1. The molecule has 22 heteroatoms. The predicted molar refractivity (Wildman–Crippen MR) is 111 cm³/mol. The number of phosphoric acid groups is 3. The van der Waals surface area contributed by atoms with Gasteiger partial charge >= 0.3 is 29.2 Å².